The van der Waals surface area contributed by atoms with Crippen LogP contribution in [-0.4, -0.2) is 116 Å². The highest BCUT2D eigenvalue weighted by atomic mass is 16.7. The lowest BCUT2D eigenvalue weighted by Crippen LogP contribution is -2.66. The van der Waals surface area contributed by atoms with Gasteiger partial charge < -0.3 is 54.7 Å². The van der Waals surface area contributed by atoms with E-state index in [1.165, 1.54) is 5.57 Å². The molecule has 7 N–H and O–H groups in total. The van der Waals surface area contributed by atoms with Crippen molar-refractivity contribution in [3.63, 3.8) is 0 Å². The molecule has 12 heteroatoms. The Bertz CT molecular complexity index is 1430. The number of carboxylic acids is 1. The third-order valence-corrected chi connectivity index (χ3v) is 16.9. The highest BCUT2D eigenvalue weighted by molar-refractivity contribution is 5.76. The van der Waals surface area contributed by atoms with E-state index in [0.29, 0.717) is 11.8 Å². The van der Waals surface area contributed by atoms with Gasteiger partial charge in [0.05, 0.1) is 24.7 Å². The summed E-state index contributed by atoms with van der Waals surface area (Å²) in [5.41, 5.74) is 0.584. The minimum absolute atomic E-state index is 0.0183. The molecule has 0 unspecified atom stereocenters. The van der Waals surface area contributed by atoms with Crippen LogP contribution in [0.2, 0.25) is 0 Å². The van der Waals surface area contributed by atoms with Crippen LogP contribution in [0.1, 0.15) is 113 Å². The molecule has 17 atom stereocenters. The maximum absolute atomic E-state index is 13.0. The summed E-state index contributed by atoms with van der Waals surface area (Å²) in [6, 6.07) is 0. The monoisotopic (exact) mass is 750 g/mol. The second-order valence-electron chi connectivity index (χ2n) is 20.2. The summed E-state index contributed by atoms with van der Waals surface area (Å²) in [6.07, 6.45) is -1.38. The van der Waals surface area contributed by atoms with E-state index in [1.54, 1.807) is 0 Å². The van der Waals surface area contributed by atoms with Crippen LogP contribution < -0.4 is 0 Å². The number of rotatable bonds is 6. The van der Waals surface area contributed by atoms with Crippen LogP contribution in [-0.2, 0) is 23.7 Å². The van der Waals surface area contributed by atoms with Crippen LogP contribution in [0, 0.1) is 50.2 Å². The van der Waals surface area contributed by atoms with Gasteiger partial charge in [-0.15, -0.1) is 0 Å². The van der Waals surface area contributed by atoms with Gasteiger partial charge in [-0.05, 0) is 109 Å². The van der Waals surface area contributed by atoms with Gasteiger partial charge in [-0.1, -0.05) is 60.1 Å². The molecular formula is C41H66O12. The zero-order chi connectivity index (χ0) is 38.7. The van der Waals surface area contributed by atoms with Crippen molar-refractivity contribution in [1.29, 1.82) is 0 Å². The predicted octanol–water partition coefficient (Wildman–Crippen LogP) is 3.52. The molecule has 0 amide bonds. The molecule has 7 aliphatic rings. The van der Waals surface area contributed by atoms with Crippen molar-refractivity contribution in [1.82, 2.24) is 0 Å². The van der Waals surface area contributed by atoms with E-state index < -0.39 is 73.3 Å². The fraction of sp³-hybridized carbons (Fsp3) is 0.927. The zero-order valence-corrected chi connectivity index (χ0v) is 32.7. The summed E-state index contributed by atoms with van der Waals surface area (Å²) < 4.78 is 23.7. The number of ether oxygens (including phenoxy) is 4. The molecule has 0 bridgehead atoms. The quantitative estimate of drug-likeness (QED) is 0.155. The molecule has 4 saturated carbocycles. The maximum atomic E-state index is 13.0. The Morgan fingerprint density at radius 3 is 2.15 bits per heavy atom. The number of fused-ring (bicyclic) bond motifs is 7. The normalized spacial score (nSPS) is 53.3. The van der Waals surface area contributed by atoms with Crippen molar-refractivity contribution in [2.24, 2.45) is 50.2 Å². The van der Waals surface area contributed by atoms with Crippen LogP contribution in [0.4, 0.5) is 0 Å². The fourth-order valence-corrected chi connectivity index (χ4v) is 13.4. The van der Waals surface area contributed by atoms with Crippen LogP contribution in [0.5, 0.6) is 0 Å². The molecule has 5 aliphatic carbocycles. The average Bonchev–Trinajstić information content (AvgIpc) is 3.09. The molecule has 0 spiro atoms. The Morgan fingerprint density at radius 1 is 0.792 bits per heavy atom. The average molecular weight is 751 g/mol. The standard InChI is InChI=1S/C41H66O12/c1-36(2)14-16-41(35(48)49)17-15-39(6)21(22(41)18-36)8-9-26-38(5)12-11-27(37(3,4)25(38)10-13-40(26,39)7)53-33-31(46)29(44)24(20-50-33)52-34-32(47)30(45)28(43)23(19-42)51-34/h8,22-34,42-47H,9-20H2,1-7H3,(H,48,49)/t22-,23+,24-,25-,26+,27-,28+,29+,30-,31-,32+,33+,34-,38-,39+,40+,41-/m0/s1. The van der Waals surface area contributed by atoms with Crippen molar-refractivity contribution < 1.29 is 59.5 Å². The molecule has 2 saturated heterocycles. The second kappa shape index (κ2) is 13.5. The van der Waals surface area contributed by atoms with E-state index in [2.05, 4.69) is 54.5 Å². The molecule has 2 heterocycles. The Kier molecular flexibility index (Phi) is 10.2. The molecule has 7 rings (SSSR count). The number of aliphatic carboxylic acids is 1. The molecule has 53 heavy (non-hydrogen) atoms. The Morgan fingerprint density at radius 2 is 1.47 bits per heavy atom. The predicted molar refractivity (Wildman–Crippen MR) is 192 cm³/mol. The summed E-state index contributed by atoms with van der Waals surface area (Å²) in [4.78, 5) is 13.0. The number of hydrogen-bond donors (Lipinski definition) is 7. The topological polar surface area (TPSA) is 196 Å². The van der Waals surface area contributed by atoms with E-state index >= 15 is 0 Å². The highest BCUT2D eigenvalue weighted by Crippen LogP contribution is 2.76. The lowest BCUT2D eigenvalue weighted by molar-refractivity contribution is -0.351. The SMILES string of the molecule is CC1(C)CC[C@]2(C(=O)O)CC[C@]3(C)C(=CC[C@@H]4[C@@]5(C)CC[C@H](O[C@H]6OC[C@H](O[C@@H]7O[C@H](CO)[C@@H](O)[C@H](O)[C@H]7O)[C@@H](O)[C@@H]6O)C(C)(C)[C@@H]5CC[C@]43C)[C@@H]2C1. The van der Waals surface area contributed by atoms with Gasteiger partial charge in [-0.25, -0.2) is 0 Å². The van der Waals surface area contributed by atoms with E-state index in [9.17, 15) is 40.5 Å². The van der Waals surface area contributed by atoms with Gasteiger partial charge in [-0.3, -0.25) is 4.79 Å². The fourth-order valence-electron chi connectivity index (χ4n) is 13.4. The molecule has 0 aromatic rings. The lowest BCUT2D eigenvalue weighted by atomic mass is 9.33. The smallest absolute Gasteiger partial charge is 0.310 e. The van der Waals surface area contributed by atoms with E-state index in [0.717, 1.165) is 64.2 Å². The maximum Gasteiger partial charge on any atom is 0.310 e. The summed E-state index contributed by atoms with van der Waals surface area (Å²) in [5.74, 6) is 0.218. The summed E-state index contributed by atoms with van der Waals surface area (Å²) >= 11 is 0. The Hall–Kier alpha value is -1.19. The number of allylic oxidation sites excluding steroid dienone is 2. The Labute approximate surface area is 314 Å². The first-order chi connectivity index (χ1) is 24.7. The Balaban J connectivity index is 1.06. The number of aliphatic hydroxyl groups excluding tert-OH is 6. The minimum Gasteiger partial charge on any atom is -0.481 e. The van der Waals surface area contributed by atoms with Crippen LogP contribution in [0.3, 0.4) is 0 Å². The van der Waals surface area contributed by atoms with Crippen molar-refractivity contribution in [2.45, 2.75) is 174 Å². The molecule has 0 aromatic heterocycles. The van der Waals surface area contributed by atoms with Gasteiger partial charge in [0.25, 0.3) is 0 Å². The number of aliphatic hydroxyl groups is 6. The first kappa shape index (κ1) is 40.0. The largest absolute Gasteiger partial charge is 0.481 e. The number of hydrogen-bond acceptors (Lipinski definition) is 11. The van der Waals surface area contributed by atoms with E-state index in [1.807, 2.05) is 0 Å². The summed E-state index contributed by atoms with van der Waals surface area (Å²) in [6.45, 7) is 15.8. The molecule has 6 fully saturated rings. The lowest BCUT2D eigenvalue weighted by Gasteiger charge is -2.71. The van der Waals surface area contributed by atoms with Gasteiger partial charge in [0.15, 0.2) is 12.6 Å². The molecule has 302 valence electrons. The third-order valence-electron chi connectivity index (χ3n) is 16.9. The first-order valence-electron chi connectivity index (χ1n) is 20.2. The van der Waals surface area contributed by atoms with Gasteiger partial charge in [-0.2, -0.15) is 0 Å². The molecule has 12 nitrogen and oxygen atoms in total. The van der Waals surface area contributed by atoms with Gasteiger partial charge >= 0.3 is 5.97 Å². The number of carboxylic acid groups (broad SMARTS) is 1. The number of carbonyl (C=O) groups is 1. The molecule has 2 aliphatic heterocycles. The highest BCUT2D eigenvalue weighted by Gasteiger charge is 2.69. The van der Waals surface area contributed by atoms with Crippen molar-refractivity contribution in [3.8, 4) is 0 Å². The van der Waals surface area contributed by atoms with Gasteiger partial charge in [0, 0.05) is 0 Å². The zero-order valence-electron chi connectivity index (χ0n) is 32.7. The minimum atomic E-state index is -1.65. The van der Waals surface area contributed by atoms with E-state index in [4.69, 9.17) is 18.9 Å². The van der Waals surface area contributed by atoms with Gasteiger partial charge in [0.1, 0.15) is 42.7 Å². The summed E-state index contributed by atoms with van der Waals surface area (Å²) in [5, 5.41) is 73.2. The van der Waals surface area contributed by atoms with Crippen molar-refractivity contribution in [3.05, 3.63) is 11.6 Å². The van der Waals surface area contributed by atoms with Crippen LogP contribution in [0.25, 0.3) is 0 Å². The first-order valence-corrected chi connectivity index (χ1v) is 20.2. The van der Waals surface area contributed by atoms with Crippen molar-refractivity contribution >= 4 is 5.97 Å². The second-order valence-corrected chi connectivity index (χ2v) is 20.2. The van der Waals surface area contributed by atoms with E-state index in [-0.39, 0.29) is 45.7 Å². The van der Waals surface area contributed by atoms with Crippen LogP contribution >= 0.6 is 0 Å². The molecular weight excluding hydrogens is 684 g/mol. The summed E-state index contributed by atoms with van der Waals surface area (Å²) in [7, 11) is 0. The molecule has 0 radical (unpaired) electrons. The van der Waals surface area contributed by atoms with Crippen LogP contribution in [0.15, 0.2) is 11.6 Å². The third kappa shape index (κ3) is 5.94. The van der Waals surface area contributed by atoms with Gasteiger partial charge in [0.2, 0.25) is 0 Å². The van der Waals surface area contributed by atoms with Crippen molar-refractivity contribution in [2.75, 3.05) is 13.2 Å². The molecule has 0 aromatic carbocycles.